The third kappa shape index (κ3) is 4.66. The van der Waals surface area contributed by atoms with Crippen molar-refractivity contribution in [2.24, 2.45) is 5.92 Å². The first kappa shape index (κ1) is 30.9. The molecule has 0 saturated carbocycles. The fourth-order valence-electron chi connectivity index (χ4n) is 9.08. The van der Waals surface area contributed by atoms with Crippen LogP contribution in [-0.2, 0) is 5.41 Å². The second kappa shape index (κ2) is 11.7. The molecule has 9 aromatic rings. The predicted octanol–water partition coefficient (Wildman–Crippen LogP) is 12.9. The number of rotatable bonds is 4. The van der Waals surface area contributed by atoms with Crippen LogP contribution < -0.4 is 0 Å². The van der Waals surface area contributed by atoms with E-state index in [1.54, 1.807) is 0 Å². The van der Waals surface area contributed by atoms with Crippen LogP contribution in [0.5, 0.6) is 0 Å². The zero-order chi connectivity index (χ0) is 36.0. The normalized spacial score (nSPS) is 16.1. The fraction of sp³-hybridized carbons (Fsp3) is 0.100. The highest BCUT2D eigenvalue weighted by atomic mass is 16.3. The first-order valence-electron chi connectivity index (χ1n) is 18.7. The van der Waals surface area contributed by atoms with Gasteiger partial charge in [-0.2, -0.15) is 0 Å². The number of allylic oxidation sites excluding steroid dienone is 4. The summed E-state index contributed by atoms with van der Waals surface area (Å²) in [5.74, 6) is 2.28. The molecule has 7 aromatic carbocycles. The minimum atomic E-state index is 0.0453. The number of para-hydroxylation sites is 1. The summed E-state index contributed by atoms with van der Waals surface area (Å²) in [4.78, 5) is 15.4. The number of furan rings is 1. The van der Waals surface area contributed by atoms with Gasteiger partial charge in [0.15, 0.2) is 17.5 Å². The van der Waals surface area contributed by atoms with Gasteiger partial charge in [0.1, 0.15) is 11.2 Å². The zero-order valence-electron chi connectivity index (χ0n) is 30.0. The summed E-state index contributed by atoms with van der Waals surface area (Å²) in [7, 11) is 0. The molecule has 0 bridgehead atoms. The largest absolute Gasteiger partial charge is 0.455 e. The molecular weight excluding hydrogens is 659 g/mol. The van der Waals surface area contributed by atoms with Crippen LogP contribution in [0.15, 0.2) is 162 Å². The van der Waals surface area contributed by atoms with Crippen LogP contribution in [-0.4, -0.2) is 15.0 Å². The molecular formula is C50H35N3O. The highest BCUT2D eigenvalue weighted by molar-refractivity contribution is 6.22. The summed E-state index contributed by atoms with van der Waals surface area (Å²) in [5.41, 5.74) is 11.3. The number of nitrogens with zero attached hydrogens (tertiary/aromatic N) is 3. The second-order valence-corrected chi connectivity index (χ2v) is 15.2. The van der Waals surface area contributed by atoms with Gasteiger partial charge in [-0.15, -0.1) is 0 Å². The molecule has 0 aliphatic heterocycles. The predicted molar refractivity (Wildman–Crippen MR) is 222 cm³/mol. The molecule has 2 aliphatic carbocycles. The quantitative estimate of drug-likeness (QED) is 0.184. The van der Waals surface area contributed by atoms with Crippen molar-refractivity contribution >= 4 is 54.6 Å². The molecule has 2 aromatic heterocycles. The molecule has 0 spiro atoms. The van der Waals surface area contributed by atoms with Gasteiger partial charge in [-0.25, -0.2) is 15.0 Å². The van der Waals surface area contributed by atoms with E-state index in [0.717, 1.165) is 66.8 Å². The number of aromatic nitrogens is 3. The van der Waals surface area contributed by atoms with E-state index in [0.29, 0.717) is 23.4 Å². The average molecular weight is 694 g/mol. The smallest absolute Gasteiger partial charge is 0.164 e. The van der Waals surface area contributed by atoms with Gasteiger partial charge >= 0.3 is 0 Å². The van der Waals surface area contributed by atoms with Gasteiger partial charge in [0, 0.05) is 33.0 Å². The van der Waals surface area contributed by atoms with E-state index in [-0.39, 0.29) is 5.41 Å². The number of hydrogen-bond donors (Lipinski definition) is 0. The van der Waals surface area contributed by atoms with E-state index in [9.17, 15) is 0 Å². The minimum absolute atomic E-state index is 0.0453. The van der Waals surface area contributed by atoms with E-state index in [1.165, 1.54) is 27.7 Å². The maximum atomic E-state index is 6.98. The SMILES string of the molecule is CC1(C)c2ccccc2C2=CC=C(c3cccc4c3oc3cc(-c5nc(-c6ccccc6)nc(-c6ccc7ccccc7c6)n5)c5ccccc5c34)CC21. The Hall–Kier alpha value is -6.65. The molecule has 4 heteroatoms. The summed E-state index contributed by atoms with van der Waals surface area (Å²) in [5, 5.41) is 6.73. The molecule has 256 valence electrons. The Morgan fingerprint density at radius 1 is 0.537 bits per heavy atom. The molecule has 0 radical (unpaired) electrons. The average Bonchev–Trinajstić information content (AvgIpc) is 3.72. The molecule has 2 aliphatic rings. The molecule has 1 unspecified atom stereocenters. The van der Waals surface area contributed by atoms with Crippen LogP contribution in [0.1, 0.15) is 37.0 Å². The van der Waals surface area contributed by atoms with Gasteiger partial charge < -0.3 is 4.42 Å². The number of hydrogen-bond acceptors (Lipinski definition) is 4. The molecule has 4 nitrogen and oxygen atoms in total. The summed E-state index contributed by atoms with van der Waals surface area (Å²) >= 11 is 0. The fourth-order valence-corrected chi connectivity index (χ4v) is 9.08. The van der Waals surface area contributed by atoms with Crippen molar-refractivity contribution in [1.82, 2.24) is 15.0 Å². The van der Waals surface area contributed by atoms with E-state index in [4.69, 9.17) is 19.4 Å². The maximum absolute atomic E-state index is 6.98. The van der Waals surface area contributed by atoms with Gasteiger partial charge in [-0.3, -0.25) is 0 Å². The Labute approximate surface area is 313 Å². The Morgan fingerprint density at radius 2 is 1.22 bits per heavy atom. The van der Waals surface area contributed by atoms with Crippen LogP contribution in [0.4, 0.5) is 0 Å². The van der Waals surface area contributed by atoms with E-state index in [2.05, 4.69) is 153 Å². The van der Waals surface area contributed by atoms with Gasteiger partial charge in [0.2, 0.25) is 0 Å². The van der Waals surface area contributed by atoms with E-state index in [1.807, 2.05) is 18.2 Å². The first-order chi connectivity index (χ1) is 26.5. The lowest BCUT2D eigenvalue weighted by atomic mass is 9.72. The van der Waals surface area contributed by atoms with Crippen LogP contribution in [0.25, 0.3) is 88.8 Å². The van der Waals surface area contributed by atoms with Crippen molar-refractivity contribution in [3.05, 3.63) is 174 Å². The van der Waals surface area contributed by atoms with Crippen molar-refractivity contribution in [1.29, 1.82) is 0 Å². The summed E-state index contributed by atoms with van der Waals surface area (Å²) in [6.45, 7) is 4.79. The topological polar surface area (TPSA) is 51.8 Å². The minimum Gasteiger partial charge on any atom is -0.455 e. The Balaban J connectivity index is 1.10. The summed E-state index contributed by atoms with van der Waals surface area (Å²) in [6.07, 6.45) is 5.63. The van der Waals surface area contributed by atoms with E-state index >= 15 is 0 Å². The third-order valence-electron chi connectivity index (χ3n) is 11.8. The van der Waals surface area contributed by atoms with E-state index < -0.39 is 0 Å². The zero-order valence-corrected chi connectivity index (χ0v) is 30.0. The summed E-state index contributed by atoms with van der Waals surface area (Å²) < 4.78 is 6.98. The van der Waals surface area contributed by atoms with Crippen molar-refractivity contribution in [3.63, 3.8) is 0 Å². The molecule has 11 rings (SSSR count). The lowest BCUT2D eigenvalue weighted by Crippen LogP contribution is -2.24. The highest BCUT2D eigenvalue weighted by Crippen LogP contribution is 2.55. The Morgan fingerprint density at radius 3 is 2.09 bits per heavy atom. The van der Waals surface area contributed by atoms with Crippen LogP contribution >= 0.6 is 0 Å². The number of fused-ring (bicyclic) bond motifs is 9. The highest BCUT2D eigenvalue weighted by Gasteiger charge is 2.43. The van der Waals surface area contributed by atoms with Gasteiger partial charge in [0.25, 0.3) is 0 Å². The molecule has 0 saturated heterocycles. The van der Waals surface area contributed by atoms with Gasteiger partial charge in [-0.05, 0) is 73.7 Å². The molecule has 0 fully saturated rings. The Kier molecular flexibility index (Phi) is 6.69. The van der Waals surface area contributed by atoms with Crippen LogP contribution in [0.2, 0.25) is 0 Å². The van der Waals surface area contributed by atoms with Crippen molar-refractivity contribution in [2.45, 2.75) is 25.7 Å². The third-order valence-corrected chi connectivity index (χ3v) is 11.8. The van der Waals surface area contributed by atoms with Crippen molar-refractivity contribution < 1.29 is 4.42 Å². The van der Waals surface area contributed by atoms with Gasteiger partial charge in [-0.1, -0.05) is 159 Å². The first-order valence-corrected chi connectivity index (χ1v) is 18.7. The van der Waals surface area contributed by atoms with Gasteiger partial charge in [0.05, 0.1) is 0 Å². The lowest BCUT2D eigenvalue weighted by Gasteiger charge is -2.31. The molecule has 54 heavy (non-hydrogen) atoms. The lowest BCUT2D eigenvalue weighted by molar-refractivity contribution is 0.418. The second-order valence-electron chi connectivity index (χ2n) is 15.2. The monoisotopic (exact) mass is 693 g/mol. The molecule has 0 N–H and O–H groups in total. The Bertz CT molecular complexity index is 3060. The molecule has 0 amide bonds. The van der Waals surface area contributed by atoms with Crippen molar-refractivity contribution in [3.8, 4) is 34.2 Å². The van der Waals surface area contributed by atoms with Crippen LogP contribution in [0, 0.1) is 5.92 Å². The standard InChI is InChI=1S/C50H35N3O/c1-50(2)42-22-11-10-18-37(42)38-26-25-33(28-43(38)50)35-20-12-21-40-45-39-19-9-8-17-36(39)41(29-44(45)54-46(35)40)49-52-47(31-14-4-3-5-15-31)51-48(53-49)34-24-23-30-13-6-7-16-32(30)27-34/h3-27,29,43H,28H2,1-2H3. The number of benzene rings is 7. The summed E-state index contributed by atoms with van der Waals surface area (Å²) in [6, 6.07) is 51.1. The van der Waals surface area contributed by atoms with Crippen LogP contribution in [0.3, 0.4) is 0 Å². The molecule has 2 heterocycles. The van der Waals surface area contributed by atoms with Crippen molar-refractivity contribution in [2.75, 3.05) is 0 Å². The maximum Gasteiger partial charge on any atom is 0.164 e. The molecule has 1 atom stereocenters.